The number of H-pyrrole nitrogens is 4. The van der Waals surface area contributed by atoms with Gasteiger partial charge in [0.1, 0.15) is 0 Å². The average Bonchev–Trinajstić information content (AvgIpc) is 3.31. The minimum absolute atomic E-state index is 0.898. The summed E-state index contributed by atoms with van der Waals surface area (Å²) < 4.78 is 0. The molecule has 0 bridgehead atoms. The van der Waals surface area contributed by atoms with Gasteiger partial charge in [0.15, 0.2) is 0 Å². The third-order valence-electron chi connectivity index (χ3n) is 4.08. The van der Waals surface area contributed by atoms with Gasteiger partial charge < -0.3 is 19.9 Å². The molecule has 0 spiro atoms. The molecule has 0 aliphatic carbocycles. The first-order chi connectivity index (χ1) is 11.3. The van der Waals surface area contributed by atoms with Crippen molar-refractivity contribution < 1.29 is 0 Å². The predicted molar refractivity (Wildman–Crippen MR) is 91.6 cm³/mol. The van der Waals surface area contributed by atoms with E-state index >= 15 is 0 Å². The first-order valence-corrected chi connectivity index (χ1v) is 7.93. The summed E-state index contributed by atoms with van der Waals surface area (Å²) in [5.74, 6) is 0. The molecule has 0 atom stereocenters. The van der Waals surface area contributed by atoms with Crippen molar-refractivity contribution in [3.8, 4) is 0 Å². The molecule has 4 rings (SSSR count). The third kappa shape index (κ3) is 3.31. The standard InChI is InChI=1S/C19H20N4/c1-3-14(20-9-1)11-16-5-7-18(22-16)13-19-8-6-17(23-19)12-15-4-2-10-21-15/h1-10,20-23H,11-13H2. The monoisotopic (exact) mass is 304 g/mol. The van der Waals surface area contributed by atoms with Crippen LogP contribution < -0.4 is 0 Å². The Balaban J connectivity index is 1.40. The summed E-state index contributed by atoms with van der Waals surface area (Å²) in [5, 5.41) is 0. The van der Waals surface area contributed by atoms with Crippen LogP contribution in [0, 0.1) is 0 Å². The van der Waals surface area contributed by atoms with Crippen LogP contribution in [0.2, 0.25) is 0 Å². The maximum atomic E-state index is 3.51. The fourth-order valence-corrected chi connectivity index (χ4v) is 2.96. The van der Waals surface area contributed by atoms with Gasteiger partial charge in [0.25, 0.3) is 0 Å². The van der Waals surface area contributed by atoms with Gasteiger partial charge in [-0.2, -0.15) is 0 Å². The summed E-state index contributed by atoms with van der Waals surface area (Å²) in [5.41, 5.74) is 7.40. The number of hydrogen-bond donors (Lipinski definition) is 4. The van der Waals surface area contributed by atoms with Crippen LogP contribution in [-0.4, -0.2) is 19.9 Å². The maximum absolute atomic E-state index is 3.51. The lowest BCUT2D eigenvalue weighted by Gasteiger charge is -1.98. The molecule has 0 unspecified atom stereocenters. The zero-order valence-corrected chi connectivity index (χ0v) is 12.9. The van der Waals surface area contributed by atoms with Crippen LogP contribution >= 0.6 is 0 Å². The molecule has 0 fully saturated rings. The van der Waals surface area contributed by atoms with Crippen molar-refractivity contribution in [1.29, 1.82) is 0 Å². The van der Waals surface area contributed by atoms with Crippen LogP contribution in [0.15, 0.2) is 60.9 Å². The summed E-state index contributed by atoms with van der Waals surface area (Å²) >= 11 is 0. The first kappa shape index (κ1) is 13.8. The van der Waals surface area contributed by atoms with Gasteiger partial charge in [-0.3, -0.25) is 0 Å². The molecular weight excluding hydrogens is 284 g/mol. The molecule has 4 aromatic heterocycles. The molecule has 0 amide bonds. The predicted octanol–water partition coefficient (Wildman–Crippen LogP) is 3.77. The first-order valence-electron chi connectivity index (χ1n) is 7.93. The Morgan fingerprint density at radius 3 is 1.22 bits per heavy atom. The molecule has 0 aliphatic heterocycles. The molecule has 116 valence electrons. The largest absolute Gasteiger partial charge is 0.365 e. The van der Waals surface area contributed by atoms with Crippen LogP contribution in [0.1, 0.15) is 34.2 Å². The summed E-state index contributed by atoms with van der Waals surface area (Å²) in [6.07, 6.45) is 6.65. The zero-order valence-electron chi connectivity index (χ0n) is 12.9. The van der Waals surface area contributed by atoms with Crippen LogP contribution in [0.3, 0.4) is 0 Å². The maximum Gasteiger partial charge on any atom is 0.0278 e. The molecule has 4 nitrogen and oxygen atoms in total. The van der Waals surface area contributed by atoms with Gasteiger partial charge in [-0.05, 0) is 48.5 Å². The van der Waals surface area contributed by atoms with Crippen molar-refractivity contribution in [2.24, 2.45) is 0 Å². The van der Waals surface area contributed by atoms with Crippen molar-refractivity contribution in [1.82, 2.24) is 19.9 Å². The van der Waals surface area contributed by atoms with E-state index in [-0.39, 0.29) is 0 Å². The summed E-state index contributed by atoms with van der Waals surface area (Å²) in [7, 11) is 0. The van der Waals surface area contributed by atoms with E-state index in [1.54, 1.807) is 0 Å². The Labute approximate surface area is 135 Å². The Morgan fingerprint density at radius 2 is 0.870 bits per heavy atom. The van der Waals surface area contributed by atoms with E-state index < -0.39 is 0 Å². The minimum atomic E-state index is 0.898. The summed E-state index contributed by atoms with van der Waals surface area (Å²) in [6, 6.07) is 17.0. The Morgan fingerprint density at radius 1 is 0.478 bits per heavy atom. The highest BCUT2D eigenvalue weighted by molar-refractivity contribution is 5.25. The zero-order chi connectivity index (χ0) is 15.5. The second-order valence-electron chi connectivity index (χ2n) is 5.94. The second-order valence-corrected chi connectivity index (χ2v) is 5.94. The van der Waals surface area contributed by atoms with E-state index in [0.717, 1.165) is 19.3 Å². The topological polar surface area (TPSA) is 63.2 Å². The van der Waals surface area contributed by atoms with Crippen LogP contribution in [0.25, 0.3) is 0 Å². The van der Waals surface area contributed by atoms with E-state index in [9.17, 15) is 0 Å². The summed E-state index contributed by atoms with van der Waals surface area (Å²) in [6.45, 7) is 0. The van der Waals surface area contributed by atoms with E-state index in [1.807, 2.05) is 24.5 Å². The second kappa shape index (κ2) is 6.08. The van der Waals surface area contributed by atoms with Gasteiger partial charge in [0, 0.05) is 65.8 Å². The highest BCUT2D eigenvalue weighted by atomic mass is 14.8. The SMILES string of the molecule is c1c[nH]c(Cc2ccc(Cc3ccc(Cc4ccc[nH]4)[nH]3)[nH]2)c1. The van der Waals surface area contributed by atoms with E-state index in [2.05, 4.69) is 56.3 Å². The van der Waals surface area contributed by atoms with Gasteiger partial charge in [-0.1, -0.05) is 0 Å². The molecular formula is C19H20N4. The molecule has 0 aliphatic rings. The highest BCUT2D eigenvalue weighted by Crippen LogP contribution is 2.13. The molecule has 0 saturated carbocycles. The van der Waals surface area contributed by atoms with Crippen LogP contribution in [-0.2, 0) is 19.3 Å². The Hall–Kier alpha value is -2.88. The number of hydrogen-bond acceptors (Lipinski definition) is 0. The van der Waals surface area contributed by atoms with Crippen molar-refractivity contribution in [2.75, 3.05) is 0 Å². The third-order valence-corrected chi connectivity index (χ3v) is 4.08. The Kier molecular flexibility index (Phi) is 3.64. The van der Waals surface area contributed by atoms with Gasteiger partial charge in [0.05, 0.1) is 0 Å². The van der Waals surface area contributed by atoms with Crippen molar-refractivity contribution in [3.05, 3.63) is 95.1 Å². The van der Waals surface area contributed by atoms with Gasteiger partial charge in [-0.15, -0.1) is 0 Å². The fourth-order valence-electron chi connectivity index (χ4n) is 2.96. The van der Waals surface area contributed by atoms with E-state index in [0.29, 0.717) is 0 Å². The van der Waals surface area contributed by atoms with E-state index in [1.165, 1.54) is 34.2 Å². The summed E-state index contributed by atoms with van der Waals surface area (Å²) in [4.78, 5) is 13.5. The molecule has 4 heterocycles. The molecule has 4 N–H and O–H groups in total. The molecule has 4 aromatic rings. The molecule has 0 radical (unpaired) electrons. The average molecular weight is 304 g/mol. The lowest BCUT2D eigenvalue weighted by atomic mass is 10.2. The number of rotatable bonds is 6. The quantitative estimate of drug-likeness (QED) is 0.419. The van der Waals surface area contributed by atoms with Crippen molar-refractivity contribution >= 4 is 0 Å². The van der Waals surface area contributed by atoms with Gasteiger partial charge in [0.2, 0.25) is 0 Å². The van der Waals surface area contributed by atoms with Crippen molar-refractivity contribution in [3.63, 3.8) is 0 Å². The van der Waals surface area contributed by atoms with Crippen LogP contribution in [0.4, 0.5) is 0 Å². The number of aromatic amines is 4. The highest BCUT2D eigenvalue weighted by Gasteiger charge is 2.05. The molecule has 4 heteroatoms. The lowest BCUT2D eigenvalue weighted by Crippen LogP contribution is -1.93. The molecule has 0 saturated heterocycles. The van der Waals surface area contributed by atoms with Crippen LogP contribution in [0.5, 0.6) is 0 Å². The number of nitrogens with one attached hydrogen (secondary N) is 4. The normalized spacial score (nSPS) is 11.1. The van der Waals surface area contributed by atoms with E-state index in [4.69, 9.17) is 0 Å². The van der Waals surface area contributed by atoms with Gasteiger partial charge in [-0.25, -0.2) is 0 Å². The van der Waals surface area contributed by atoms with Crippen molar-refractivity contribution in [2.45, 2.75) is 19.3 Å². The lowest BCUT2D eigenvalue weighted by molar-refractivity contribution is 0.975. The molecule has 0 aromatic carbocycles. The minimum Gasteiger partial charge on any atom is -0.365 e. The molecule has 23 heavy (non-hydrogen) atoms. The Bertz CT molecular complexity index is 775. The smallest absolute Gasteiger partial charge is 0.0278 e. The van der Waals surface area contributed by atoms with Gasteiger partial charge >= 0.3 is 0 Å². The number of aromatic nitrogens is 4. The fraction of sp³-hybridized carbons (Fsp3) is 0.158.